The van der Waals surface area contributed by atoms with Gasteiger partial charge in [-0.25, -0.2) is 0 Å². The van der Waals surface area contributed by atoms with Crippen LogP contribution in [0.15, 0.2) is 52.4 Å². The predicted molar refractivity (Wildman–Crippen MR) is 101 cm³/mol. The number of amidine groups is 1. The molecule has 0 aromatic heterocycles. The fraction of sp³-hybridized carbons (Fsp3) is 0.111. The maximum Gasteiger partial charge on any atom is 0.286 e. The minimum Gasteiger partial charge on any atom is -0.488 e. The fourth-order valence-corrected chi connectivity index (χ4v) is 2.98. The third-order valence-corrected chi connectivity index (χ3v) is 4.46. The van der Waals surface area contributed by atoms with Crippen molar-refractivity contribution in [2.45, 2.75) is 13.5 Å². The molecule has 0 radical (unpaired) electrons. The molecule has 3 rings (SSSR count). The van der Waals surface area contributed by atoms with E-state index in [4.69, 9.17) is 10.5 Å². The lowest BCUT2D eigenvalue weighted by Crippen LogP contribution is -2.01. The summed E-state index contributed by atoms with van der Waals surface area (Å²) in [4.78, 5) is 26.3. The Hall–Kier alpha value is -3.13. The van der Waals surface area contributed by atoms with Crippen molar-refractivity contribution < 1.29 is 14.5 Å². The van der Waals surface area contributed by atoms with Gasteiger partial charge in [-0.1, -0.05) is 29.8 Å². The van der Waals surface area contributed by atoms with Gasteiger partial charge in [0.1, 0.15) is 12.4 Å². The van der Waals surface area contributed by atoms with Gasteiger partial charge in [-0.15, -0.1) is 0 Å². The van der Waals surface area contributed by atoms with Crippen LogP contribution in [0.25, 0.3) is 6.08 Å². The molecule has 0 saturated carbocycles. The Morgan fingerprint density at radius 1 is 1.27 bits per heavy atom. The molecule has 0 spiro atoms. The molecule has 0 atom stereocenters. The minimum atomic E-state index is -0.500. The summed E-state index contributed by atoms with van der Waals surface area (Å²) in [6, 6.07) is 12.1. The van der Waals surface area contributed by atoms with Crippen molar-refractivity contribution in [3.05, 3.63) is 74.2 Å². The fourth-order valence-electron chi connectivity index (χ4n) is 2.31. The van der Waals surface area contributed by atoms with Crippen molar-refractivity contribution >= 4 is 34.6 Å². The Morgan fingerprint density at radius 2 is 2.00 bits per heavy atom. The molecule has 26 heavy (non-hydrogen) atoms. The van der Waals surface area contributed by atoms with Gasteiger partial charge < -0.3 is 10.5 Å². The van der Waals surface area contributed by atoms with Crippen LogP contribution in [0.5, 0.6) is 5.75 Å². The quantitative estimate of drug-likeness (QED) is 0.491. The molecule has 0 unspecified atom stereocenters. The van der Waals surface area contributed by atoms with Crippen LogP contribution < -0.4 is 10.5 Å². The van der Waals surface area contributed by atoms with Gasteiger partial charge in [-0.05, 0) is 36.4 Å². The summed E-state index contributed by atoms with van der Waals surface area (Å²) in [5, 5.41) is 11.2. The summed E-state index contributed by atoms with van der Waals surface area (Å²) in [6.45, 7) is 2.29. The van der Waals surface area contributed by atoms with Crippen LogP contribution in [0, 0.1) is 17.0 Å². The van der Waals surface area contributed by atoms with E-state index in [0.29, 0.717) is 22.8 Å². The second kappa shape index (κ2) is 7.40. The topological polar surface area (TPSA) is 108 Å². The van der Waals surface area contributed by atoms with E-state index in [1.54, 1.807) is 0 Å². The van der Waals surface area contributed by atoms with Gasteiger partial charge >= 0.3 is 0 Å². The Balaban J connectivity index is 1.89. The molecule has 0 aliphatic carbocycles. The van der Waals surface area contributed by atoms with Crippen molar-refractivity contribution in [3.63, 3.8) is 0 Å². The van der Waals surface area contributed by atoms with E-state index >= 15 is 0 Å². The summed E-state index contributed by atoms with van der Waals surface area (Å²) >= 11 is 1.02. The number of nitrogens with zero attached hydrogens (tertiary/aromatic N) is 2. The van der Waals surface area contributed by atoms with Crippen LogP contribution in [0.4, 0.5) is 5.69 Å². The molecule has 2 aromatic carbocycles. The highest BCUT2D eigenvalue weighted by Crippen LogP contribution is 2.32. The lowest BCUT2D eigenvalue weighted by molar-refractivity contribution is -0.384. The zero-order chi connectivity index (χ0) is 18.7. The van der Waals surface area contributed by atoms with Gasteiger partial charge in [0.05, 0.1) is 9.83 Å². The van der Waals surface area contributed by atoms with Crippen molar-refractivity contribution in [1.82, 2.24) is 0 Å². The number of carbonyl (C=O) groups is 1. The number of nitro groups is 1. The lowest BCUT2D eigenvalue weighted by atomic mass is 10.1. The van der Waals surface area contributed by atoms with Gasteiger partial charge in [0.25, 0.3) is 11.6 Å². The van der Waals surface area contributed by atoms with Gasteiger partial charge in [0.2, 0.25) is 0 Å². The third-order valence-electron chi connectivity index (χ3n) is 3.64. The van der Waals surface area contributed by atoms with Crippen LogP contribution in [0.2, 0.25) is 0 Å². The van der Waals surface area contributed by atoms with E-state index in [-0.39, 0.29) is 10.9 Å². The first-order valence-corrected chi connectivity index (χ1v) is 8.49. The third kappa shape index (κ3) is 4.09. The molecule has 7 nitrogen and oxygen atoms in total. The van der Waals surface area contributed by atoms with E-state index in [9.17, 15) is 14.9 Å². The largest absolute Gasteiger partial charge is 0.488 e. The number of nitrogens with two attached hydrogens (primary N) is 1. The van der Waals surface area contributed by atoms with E-state index in [2.05, 4.69) is 4.99 Å². The number of non-ortho nitro benzene ring substituents is 1. The molecule has 2 N–H and O–H groups in total. The SMILES string of the molecule is Cc1ccc(COc2ccc([N+](=O)[O-])cc2/C=C2\SC(N)=NC2=O)cc1. The molecule has 1 heterocycles. The Kier molecular flexibility index (Phi) is 5.04. The number of carbonyl (C=O) groups excluding carboxylic acids is 1. The Labute approximate surface area is 153 Å². The second-order valence-corrected chi connectivity index (χ2v) is 6.68. The lowest BCUT2D eigenvalue weighted by Gasteiger charge is -2.10. The summed E-state index contributed by atoms with van der Waals surface area (Å²) in [6.07, 6.45) is 1.51. The molecule has 0 fully saturated rings. The summed E-state index contributed by atoms with van der Waals surface area (Å²) in [5.74, 6) is -0.0361. The molecule has 1 aliphatic rings. The Morgan fingerprint density at radius 3 is 2.62 bits per heavy atom. The number of aliphatic imine (C=N–C) groups is 1. The van der Waals surface area contributed by atoms with E-state index in [1.807, 2.05) is 31.2 Å². The number of hydrogen-bond acceptors (Lipinski definition) is 6. The molecule has 8 heteroatoms. The molecular weight excluding hydrogens is 354 g/mol. The maximum atomic E-state index is 11.8. The van der Waals surface area contributed by atoms with Gasteiger partial charge in [-0.2, -0.15) is 4.99 Å². The highest BCUT2D eigenvalue weighted by Gasteiger charge is 2.21. The normalized spacial score (nSPS) is 15.2. The van der Waals surface area contributed by atoms with Crippen LogP contribution in [0.1, 0.15) is 16.7 Å². The van der Waals surface area contributed by atoms with Crippen LogP contribution in [-0.4, -0.2) is 16.0 Å². The average Bonchev–Trinajstić information content (AvgIpc) is 2.92. The van der Waals surface area contributed by atoms with Crippen LogP contribution >= 0.6 is 11.8 Å². The molecule has 1 aliphatic heterocycles. The molecule has 0 bridgehead atoms. The number of aryl methyl sites for hydroxylation is 1. The first-order valence-electron chi connectivity index (χ1n) is 7.67. The molecular formula is C18H15N3O4S. The zero-order valence-electron chi connectivity index (χ0n) is 13.8. The van der Waals surface area contributed by atoms with E-state index in [0.717, 1.165) is 22.9 Å². The van der Waals surface area contributed by atoms with Gasteiger partial charge in [-0.3, -0.25) is 14.9 Å². The van der Waals surface area contributed by atoms with Gasteiger partial charge in [0, 0.05) is 17.7 Å². The number of amides is 1. The molecule has 0 saturated heterocycles. The molecule has 2 aromatic rings. The summed E-state index contributed by atoms with van der Waals surface area (Å²) in [7, 11) is 0. The number of nitro benzene ring substituents is 1. The van der Waals surface area contributed by atoms with Crippen LogP contribution in [0.3, 0.4) is 0 Å². The average molecular weight is 369 g/mol. The number of hydrogen-bond donors (Lipinski definition) is 1. The summed E-state index contributed by atoms with van der Waals surface area (Å²) in [5.41, 5.74) is 7.98. The van der Waals surface area contributed by atoms with Crippen molar-refractivity contribution in [2.75, 3.05) is 0 Å². The predicted octanol–water partition coefficient (Wildman–Crippen LogP) is 3.41. The molecule has 1 amide bonds. The van der Waals surface area contributed by atoms with Crippen LogP contribution in [-0.2, 0) is 11.4 Å². The Bertz CT molecular complexity index is 936. The first-order chi connectivity index (χ1) is 12.4. The number of benzene rings is 2. The van der Waals surface area contributed by atoms with Crippen molar-refractivity contribution in [1.29, 1.82) is 0 Å². The highest BCUT2D eigenvalue weighted by atomic mass is 32.2. The number of rotatable bonds is 5. The first kappa shape index (κ1) is 17.7. The molecule has 132 valence electrons. The summed E-state index contributed by atoms with van der Waals surface area (Å²) < 4.78 is 5.81. The zero-order valence-corrected chi connectivity index (χ0v) is 14.7. The van der Waals surface area contributed by atoms with E-state index < -0.39 is 10.8 Å². The number of thioether (sulfide) groups is 1. The minimum absolute atomic E-state index is 0.0936. The van der Waals surface area contributed by atoms with Crippen molar-refractivity contribution in [2.24, 2.45) is 10.7 Å². The maximum absolute atomic E-state index is 11.8. The second-order valence-electron chi connectivity index (χ2n) is 5.62. The van der Waals surface area contributed by atoms with Gasteiger partial charge in [0.15, 0.2) is 5.17 Å². The monoisotopic (exact) mass is 369 g/mol. The standard InChI is InChI=1S/C18H15N3O4S/c1-11-2-4-12(5-3-11)10-25-15-7-6-14(21(23)24)8-13(15)9-16-17(22)20-18(19)26-16/h2-9H,10H2,1H3,(H2,19,20,22)/b16-9-. The van der Waals surface area contributed by atoms with Crippen molar-refractivity contribution in [3.8, 4) is 5.75 Å². The highest BCUT2D eigenvalue weighted by molar-refractivity contribution is 8.18. The number of ether oxygens (including phenoxy) is 1. The smallest absolute Gasteiger partial charge is 0.286 e. The van der Waals surface area contributed by atoms with E-state index in [1.165, 1.54) is 24.3 Å².